The molecule has 0 heterocycles. The second-order valence-electron chi connectivity index (χ2n) is 7.09. The van der Waals surface area contributed by atoms with Crippen molar-refractivity contribution in [2.75, 3.05) is 33.7 Å². The van der Waals surface area contributed by atoms with Crippen LogP contribution in [0.1, 0.15) is 44.6 Å². The fraction of sp³-hybridized carbons (Fsp3) is 0.600. The molecule has 0 unspecified atom stereocenters. The second kappa shape index (κ2) is 11.4. The Morgan fingerprint density at radius 1 is 1.15 bits per heavy atom. The minimum absolute atomic E-state index is 0. The van der Waals surface area contributed by atoms with Gasteiger partial charge in [-0.05, 0) is 24.8 Å². The SMILES string of the molecule is CCCNC(=NCC(=O)N(C)C)NCC1(c2ccccc2)CCCC1.I. The molecule has 1 aliphatic rings. The molecule has 0 aliphatic heterocycles. The number of hydrogen-bond donors (Lipinski definition) is 2. The number of guanidine groups is 1. The van der Waals surface area contributed by atoms with E-state index in [0.717, 1.165) is 25.5 Å². The summed E-state index contributed by atoms with van der Waals surface area (Å²) >= 11 is 0. The maximum Gasteiger partial charge on any atom is 0.243 e. The summed E-state index contributed by atoms with van der Waals surface area (Å²) in [5.41, 5.74) is 1.57. The van der Waals surface area contributed by atoms with Crippen molar-refractivity contribution < 1.29 is 4.79 Å². The number of nitrogens with one attached hydrogen (secondary N) is 2. The van der Waals surface area contributed by atoms with Gasteiger partial charge in [-0.1, -0.05) is 50.1 Å². The Balaban J connectivity index is 0.00000338. The summed E-state index contributed by atoms with van der Waals surface area (Å²) in [5.74, 6) is 0.746. The van der Waals surface area contributed by atoms with E-state index in [1.165, 1.54) is 31.2 Å². The zero-order valence-electron chi connectivity index (χ0n) is 16.3. The predicted molar refractivity (Wildman–Crippen MR) is 119 cm³/mol. The first-order valence-corrected chi connectivity index (χ1v) is 9.35. The summed E-state index contributed by atoms with van der Waals surface area (Å²) in [6.07, 6.45) is 5.95. The molecule has 146 valence electrons. The minimum atomic E-state index is 0. The van der Waals surface area contributed by atoms with Gasteiger partial charge in [0.1, 0.15) is 6.54 Å². The number of likely N-dealkylation sites (N-methyl/N-ethyl adjacent to an activating group) is 1. The molecule has 0 aromatic heterocycles. The van der Waals surface area contributed by atoms with Gasteiger partial charge in [0.05, 0.1) is 0 Å². The third-order valence-electron chi connectivity index (χ3n) is 4.95. The van der Waals surface area contributed by atoms with Gasteiger partial charge in [-0.2, -0.15) is 0 Å². The average molecular weight is 472 g/mol. The monoisotopic (exact) mass is 472 g/mol. The van der Waals surface area contributed by atoms with Crippen LogP contribution in [0.15, 0.2) is 35.3 Å². The van der Waals surface area contributed by atoms with Gasteiger partial charge >= 0.3 is 0 Å². The van der Waals surface area contributed by atoms with Crippen LogP contribution >= 0.6 is 24.0 Å². The first kappa shape index (κ1) is 22.7. The maximum absolute atomic E-state index is 11.8. The van der Waals surface area contributed by atoms with Gasteiger partial charge in [-0.15, -0.1) is 24.0 Å². The first-order chi connectivity index (χ1) is 12.1. The van der Waals surface area contributed by atoms with Crippen LogP contribution in [-0.2, 0) is 10.2 Å². The standard InChI is InChI=1S/C20H32N4O.HI/c1-4-14-21-19(22-15-18(25)24(2)3)23-16-20(12-8-9-13-20)17-10-6-5-7-11-17;/h5-7,10-11H,4,8-9,12-16H2,1-3H3,(H2,21,22,23);1H. The number of hydrogen-bond acceptors (Lipinski definition) is 2. The number of halogens is 1. The van der Waals surface area contributed by atoms with Gasteiger partial charge in [0.15, 0.2) is 5.96 Å². The van der Waals surface area contributed by atoms with Crippen LogP contribution in [-0.4, -0.2) is 50.5 Å². The lowest BCUT2D eigenvalue weighted by Crippen LogP contribution is -2.45. The van der Waals surface area contributed by atoms with Gasteiger partial charge in [-0.3, -0.25) is 4.79 Å². The maximum atomic E-state index is 11.8. The van der Waals surface area contributed by atoms with E-state index >= 15 is 0 Å². The number of carbonyl (C=O) groups is 1. The molecule has 2 rings (SSSR count). The molecular weight excluding hydrogens is 439 g/mol. The fourth-order valence-corrected chi connectivity index (χ4v) is 3.37. The highest BCUT2D eigenvalue weighted by Gasteiger charge is 2.35. The van der Waals surface area contributed by atoms with Crippen molar-refractivity contribution in [2.24, 2.45) is 4.99 Å². The van der Waals surface area contributed by atoms with E-state index in [1.807, 2.05) is 0 Å². The Kier molecular flexibility index (Phi) is 9.98. The molecule has 1 saturated carbocycles. The minimum Gasteiger partial charge on any atom is -0.356 e. The van der Waals surface area contributed by atoms with Crippen molar-refractivity contribution in [1.82, 2.24) is 15.5 Å². The van der Waals surface area contributed by atoms with E-state index in [4.69, 9.17) is 0 Å². The Morgan fingerprint density at radius 3 is 2.38 bits per heavy atom. The van der Waals surface area contributed by atoms with Crippen molar-refractivity contribution in [3.63, 3.8) is 0 Å². The smallest absolute Gasteiger partial charge is 0.243 e. The normalized spacial score (nSPS) is 15.9. The average Bonchev–Trinajstić information content (AvgIpc) is 3.11. The molecule has 0 atom stereocenters. The van der Waals surface area contributed by atoms with E-state index in [1.54, 1.807) is 19.0 Å². The van der Waals surface area contributed by atoms with Crippen LogP contribution in [0.25, 0.3) is 0 Å². The fourth-order valence-electron chi connectivity index (χ4n) is 3.37. The number of amides is 1. The van der Waals surface area contributed by atoms with E-state index in [2.05, 4.69) is 52.9 Å². The van der Waals surface area contributed by atoms with Gasteiger partial charge in [0.25, 0.3) is 0 Å². The molecule has 6 heteroatoms. The zero-order chi connectivity index (χ0) is 18.1. The zero-order valence-corrected chi connectivity index (χ0v) is 18.6. The molecule has 1 aromatic carbocycles. The van der Waals surface area contributed by atoms with Crippen molar-refractivity contribution in [1.29, 1.82) is 0 Å². The van der Waals surface area contributed by atoms with E-state index in [-0.39, 0.29) is 41.8 Å². The van der Waals surface area contributed by atoms with Crippen molar-refractivity contribution in [3.05, 3.63) is 35.9 Å². The molecule has 1 fully saturated rings. The van der Waals surface area contributed by atoms with Crippen LogP contribution in [0, 0.1) is 0 Å². The quantitative estimate of drug-likeness (QED) is 0.364. The summed E-state index contributed by atoms with van der Waals surface area (Å²) in [4.78, 5) is 17.9. The summed E-state index contributed by atoms with van der Waals surface area (Å²) in [6, 6.07) is 10.8. The Labute approximate surface area is 175 Å². The summed E-state index contributed by atoms with van der Waals surface area (Å²) in [6.45, 7) is 3.99. The van der Waals surface area contributed by atoms with E-state index in [0.29, 0.717) is 0 Å². The van der Waals surface area contributed by atoms with E-state index in [9.17, 15) is 4.79 Å². The van der Waals surface area contributed by atoms with Crippen LogP contribution in [0.4, 0.5) is 0 Å². The number of carbonyl (C=O) groups excluding carboxylic acids is 1. The topological polar surface area (TPSA) is 56.7 Å². The lowest BCUT2D eigenvalue weighted by Gasteiger charge is -2.31. The molecule has 0 saturated heterocycles. The van der Waals surface area contributed by atoms with Gasteiger partial charge in [0.2, 0.25) is 5.91 Å². The molecule has 0 spiro atoms. The van der Waals surface area contributed by atoms with Gasteiger partial charge in [-0.25, -0.2) is 4.99 Å². The molecule has 1 amide bonds. The van der Waals surface area contributed by atoms with Crippen molar-refractivity contribution >= 4 is 35.8 Å². The Morgan fingerprint density at radius 2 is 1.81 bits per heavy atom. The Hall–Kier alpha value is -1.31. The molecule has 1 aliphatic carbocycles. The highest BCUT2D eigenvalue weighted by molar-refractivity contribution is 14.0. The molecule has 2 N–H and O–H groups in total. The summed E-state index contributed by atoms with van der Waals surface area (Å²) in [7, 11) is 3.51. The number of rotatable bonds is 7. The third-order valence-corrected chi connectivity index (χ3v) is 4.95. The van der Waals surface area contributed by atoms with Gasteiger partial charge < -0.3 is 15.5 Å². The number of benzene rings is 1. The van der Waals surface area contributed by atoms with Gasteiger partial charge in [0, 0.05) is 32.6 Å². The molecular formula is C20H33IN4O. The van der Waals surface area contributed by atoms with Crippen molar-refractivity contribution in [3.8, 4) is 0 Å². The lowest BCUT2D eigenvalue weighted by molar-refractivity contribution is -0.127. The van der Waals surface area contributed by atoms with Crippen molar-refractivity contribution in [2.45, 2.75) is 44.4 Å². The molecule has 0 radical (unpaired) electrons. The van der Waals surface area contributed by atoms with E-state index < -0.39 is 0 Å². The van der Waals surface area contributed by atoms with Crippen LogP contribution in [0.5, 0.6) is 0 Å². The number of aliphatic imine (C=N–C) groups is 1. The first-order valence-electron chi connectivity index (χ1n) is 9.35. The predicted octanol–water partition coefficient (Wildman–Crippen LogP) is 3.15. The molecule has 5 nitrogen and oxygen atoms in total. The molecule has 1 aromatic rings. The third kappa shape index (κ3) is 6.45. The lowest BCUT2D eigenvalue weighted by atomic mass is 9.79. The van der Waals surface area contributed by atoms with Crippen LogP contribution < -0.4 is 10.6 Å². The largest absolute Gasteiger partial charge is 0.356 e. The summed E-state index contributed by atoms with van der Waals surface area (Å²) < 4.78 is 0. The Bertz CT molecular complexity index is 568. The summed E-state index contributed by atoms with van der Waals surface area (Å²) in [5, 5.41) is 6.82. The second-order valence-corrected chi connectivity index (χ2v) is 7.09. The van der Waals surface area contributed by atoms with Crippen LogP contribution in [0.3, 0.4) is 0 Å². The molecule has 0 bridgehead atoms. The van der Waals surface area contributed by atoms with Crippen LogP contribution in [0.2, 0.25) is 0 Å². The molecule has 26 heavy (non-hydrogen) atoms. The number of nitrogens with zero attached hydrogens (tertiary/aromatic N) is 2. The highest BCUT2D eigenvalue weighted by Crippen LogP contribution is 2.40. The highest BCUT2D eigenvalue weighted by atomic mass is 127.